The molecule has 0 bridgehead atoms. The highest BCUT2D eigenvalue weighted by molar-refractivity contribution is 6.07. The number of nitrogens with zero attached hydrogens (tertiary/aromatic N) is 2. The van der Waals surface area contributed by atoms with Gasteiger partial charge >= 0.3 is 0 Å². The van der Waals surface area contributed by atoms with E-state index in [0.717, 1.165) is 67.1 Å². The van der Waals surface area contributed by atoms with Crippen molar-refractivity contribution in [2.45, 2.75) is 5.41 Å². The lowest BCUT2D eigenvalue weighted by atomic mass is 9.63. The molecule has 8 aromatic rings. The van der Waals surface area contributed by atoms with Gasteiger partial charge in [0.1, 0.15) is 28.3 Å². The molecule has 0 aliphatic carbocycles. The van der Waals surface area contributed by atoms with E-state index in [2.05, 4.69) is 115 Å². The quantitative estimate of drug-likeness (QED) is 0.208. The van der Waals surface area contributed by atoms with Crippen molar-refractivity contribution in [1.82, 2.24) is 9.97 Å². The van der Waals surface area contributed by atoms with Crippen LogP contribution in [0.1, 0.15) is 22.3 Å². The summed E-state index contributed by atoms with van der Waals surface area (Å²) in [6.45, 7) is 0. The number of hydrogen-bond acceptors (Lipinski definition) is 4. The lowest BCUT2D eigenvalue weighted by molar-refractivity contribution is 0.434. The molecule has 2 aromatic heterocycles. The first-order chi connectivity index (χ1) is 22.3. The van der Waals surface area contributed by atoms with Crippen LogP contribution < -0.4 is 4.74 Å². The molecule has 4 heteroatoms. The third-order valence-electron chi connectivity index (χ3n) is 8.83. The Morgan fingerprint density at radius 3 is 1.87 bits per heavy atom. The van der Waals surface area contributed by atoms with Gasteiger partial charge in [-0.15, -0.1) is 0 Å². The fraction of sp³-hybridized carbons (Fsp3) is 0.0244. The van der Waals surface area contributed by atoms with Crippen molar-refractivity contribution in [3.63, 3.8) is 0 Å². The maximum atomic E-state index is 6.62. The largest absolute Gasteiger partial charge is 0.457 e. The van der Waals surface area contributed by atoms with Crippen LogP contribution in [0.2, 0.25) is 0 Å². The summed E-state index contributed by atoms with van der Waals surface area (Å²) in [5.74, 6) is 2.28. The van der Waals surface area contributed by atoms with Gasteiger partial charge in [0.05, 0.1) is 5.41 Å². The minimum atomic E-state index is -0.628. The fourth-order valence-electron chi connectivity index (χ4n) is 6.86. The van der Waals surface area contributed by atoms with Gasteiger partial charge in [-0.25, -0.2) is 9.97 Å². The Labute approximate surface area is 260 Å². The van der Waals surface area contributed by atoms with E-state index < -0.39 is 5.41 Å². The molecule has 0 saturated carbocycles. The smallest absolute Gasteiger partial charge is 0.180 e. The SMILES string of the molecule is c1ccc(-c2nc(-c3ccc4c(c3)C(c3ccccc3)(c3ccccc3)c3ccccc3O4)nc3c2oc2ccccc23)cc1. The van der Waals surface area contributed by atoms with Crippen molar-refractivity contribution in [2.75, 3.05) is 0 Å². The summed E-state index contributed by atoms with van der Waals surface area (Å²) in [4.78, 5) is 10.3. The van der Waals surface area contributed by atoms with Crippen molar-refractivity contribution in [1.29, 1.82) is 0 Å². The molecule has 0 radical (unpaired) electrons. The molecule has 9 rings (SSSR count). The first-order valence-electron chi connectivity index (χ1n) is 15.1. The third kappa shape index (κ3) is 3.86. The molecule has 45 heavy (non-hydrogen) atoms. The van der Waals surface area contributed by atoms with E-state index in [0.29, 0.717) is 11.4 Å². The molecular formula is C41H26N2O2. The number of furan rings is 1. The Morgan fingerprint density at radius 1 is 0.489 bits per heavy atom. The third-order valence-corrected chi connectivity index (χ3v) is 8.83. The molecule has 0 fully saturated rings. The van der Waals surface area contributed by atoms with Crippen LogP contribution in [-0.2, 0) is 5.41 Å². The Hall–Kier alpha value is -6.00. The van der Waals surface area contributed by atoms with Crippen molar-refractivity contribution in [3.05, 3.63) is 180 Å². The summed E-state index contributed by atoms with van der Waals surface area (Å²) in [7, 11) is 0. The van der Waals surface area contributed by atoms with Crippen LogP contribution in [0, 0.1) is 0 Å². The minimum Gasteiger partial charge on any atom is -0.457 e. The van der Waals surface area contributed by atoms with Gasteiger partial charge < -0.3 is 9.15 Å². The zero-order chi connectivity index (χ0) is 29.8. The Kier molecular flexibility index (Phi) is 5.69. The molecule has 0 N–H and O–H groups in total. The molecular weight excluding hydrogens is 552 g/mol. The number of rotatable bonds is 4. The molecule has 0 unspecified atom stereocenters. The molecule has 0 amide bonds. The number of aromatic nitrogens is 2. The number of fused-ring (bicyclic) bond motifs is 5. The highest BCUT2D eigenvalue weighted by atomic mass is 16.5. The van der Waals surface area contributed by atoms with E-state index in [1.54, 1.807) is 0 Å². The van der Waals surface area contributed by atoms with E-state index in [9.17, 15) is 0 Å². The second-order valence-electron chi connectivity index (χ2n) is 11.3. The molecule has 0 saturated heterocycles. The lowest BCUT2D eigenvalue weighted by Gasteiger charge is -2.41. The molecule has 4 nitrogen and oxygen atoms in total. The molecule has 1 aliphatic heterocycles. The zero-order valence-corrected chi connectivity index (χ0v) is 24.2. The van der Waals surface area contributed by atoms with E-state index in [-0.39, 0.29) is 0 Å². The van der Waals surface area contributed by atoms with Gasteiger partial charge in [0.2, 0.25) is 0 Å². The van der Waals surface area contributed by atoms with Crippen LogP contribution in [0.4, 0.5) is 0 Å². The minimum absolute atomic E-state index is 0.628. The summed E-state index contributed by atoms with van der Waals surface area (Å²) >= 11 is 0. The molecule has 6 aromatic carbocycles. The van der Waals surface area contributed by atoms with Gasteiger partial charge in [0.25, 0.3) is 0 Å². The van der Waals surface area contributed by atoms with Crippen molar-refractivity contribution in [2.24, 2.45) is 0 Å². The monoisotopic (exact) mass is 578 g/mol. The zero-order valence-electron chi connectivity index (χ0n) is 24.2. The van der Waals surface area contributed by atoms with Gasteiger partial charge in [0.15, 0.2) is 11.4 Å². The standard InChI is InChI=1S/C41H26N2O2/c1-4-14-27(15-5-1)37-39-38(31-20-10-12-22-34(31)45-39)43-40(42-37)28-24-25-36-33(26-28)41(29-16-6-2-7-17-29,30-18-8-3-9-19-30)32-21-11-13-23-35(32)44-36/h1-26H. The average Bonchev–Trinajstić information content (AvgIpc) is 3.50. The van der Waals surface area contributed by atoms with Crippen LogP contribution in [-0.4, -0.2) is 9.97 Å². The van der Waals surface area contributed by atoms with Gasteiger partial charge in [-0.2, -0.15) is 0 Å². The van der Waals surface area contributed by atoms with Gasteiger partial charge in [-0.3, -0.25) is 0 Å². The number of hydrogen-bond donors (Lipinski definition) is 0. The van der Waals surface area contributed by atoms with Crippen LogP contribution in [0.25, 0.3) is 44.7 Å². The van der Waals surface area contributed by atoms with E-state index in [1.165, 1.54) is 0 Å². The lowest BCUT2D eigenvalue weighted by Crippen LogP contribution is -2.34. The number of ether oxygens (including phenoxy) is 1. The van der Waals surface area contributed by atoms with E-state index in [4.69, 9.17) is 19.1 Å². The molecule has 3 heterocycles. The molecule has 1 aliphatic rings. The van der Waals surface area contributed by atoms with E-state index in [1.807, 2.05) is 42.5 Å². The summed E-state index contributed by atoms with van der Waals surface area (Å²) in [6, 6.07) is 54.3. The first-order valence-corrected chi connectivity index (χ1v) is 15.1. The Morgan fingerprint density at radius 2 is 1.11 bits per heavy atom. The summed E-state index contributed by atoms with van der Waals surface area (Å²) < 4.78 is 13.0. The van der Waals surface area contributed by atoms with Crippen molar-refractivity contribution >= 4 is 22.1 Å². The fourth-order valence-corrected chi connectivity index (χ4v) is 6.86. The molecule has 0 spiro atoms. The topological polar surface area (TPSA) is 48.2 Å². The van der Waals surface area contributed by atoms with E-state index >= 15 is 0 Å². The highest BCUT2D eigenvalue weighted by Crippen LogP contribution is 2.55. The first kappa shape index (κ1) is 25.5. The normalized spacial score (nSPS) is 13.2. The Balaban J connectivity index is 1.35. The number of benzene rings is 6. The molecule has 212 valence electrons. The number of para-hydroxylation sites is 2. The van der Waals surface area contributed by atoms with Crippen molar-refractivity contribution < 1.29 is 9.15 Å². The van der Waals surface area contributed by atoms with Crippen molar-refractivity contribution in [3.8, 4) is 34.1 Å². The predicted molar refractivity (Wildman–Crippen MR) is 179 cm³/mol. The maximum Gasteiger partial charge on any atom is 0.180 e. The summed E-state index contributed by atoms with van der Waals surface area (Å²) in [5.41, 5.74) is 8.74. The highest BCUT2D eigenvalue weighted by Gasteiger charge is 2.45. The second kappa shape index (κ2) is 10.0. The van der Waals surface area contributed by atoms with Gasteiger partial charge in [0, 0.05) is 27.6 Å². The van der Waals surface area contributed by atoms with Crippen LogP contribution in [0.3, 0.4) is 0 Å². The maximum absolute atomic E-state index is 6.62. The summed E-state index contributed by atoms with van der Waals surface area (Å²) in [5, 5.41) is 0.964. The predicted octanol–water partition coefficient (Wildman–Crippen LogP) is 10.2. The van der Waals surface area contributed by atoms with Crippen LogP contribution in [0.15, 0.2) is 162 Å². The molecule has 0 atom stereocenters. The van der Waals surface area contributed by atoms with Gasteiger partial charge in [-0.1, -0.05) is 121 Å². The van der Waals surface area contributed by atoms with Gasteiger partial charge in [-0.05, 0) is 47.5 Å². The Bertz CT molecular complexity index is 2310. The second-order valence-corrected chi connectivity index (χ2v) is 11.3. The van der Waals surface area contributed by atoms with Crippen LogP contribution >= 0.6 is 0 Å². The van der Waals surface area contributed by atoms with Crippen LogP contribution in [0.5, 0.6) is 11.5 Å². The average molecular weight is 579 g/mol. The summed E-state index contributed by atoms with van der Waals surface area (Å²) in [6.07, 6.45) is 0.